The first-order valence-electron chi connectivity index (χ1n) is 7.67. The molecule has 24 heavy (non-hydrogen) atoms. The summed E-state index contributed by atoms with van der Waals surface area (Å²) in [5.41, 5.74) is 7.51. The van der Waals surface area contributed by atoms with E-state index >= 15 is 0 Å². The van der Waals surface area contributed by atoms with Gasteiger partial charge in [-0.15, -0.1) is 10.2 Å². The van der Waals surface area contributed by atoms with Gasteiger partial charge in [0.25, 0.3) is 0 Å². The number of nitrogens with zero attached hydrogens (tertiary/aromatic N) is 3. The molecule has 1 aromatic heterocycles. The largest absolute Gasteiger partial charge is 0.369 e. The number of amides is 1. The van der Waals surface area contributed by atoms with E-state index in [4.69, 9.17) is 5.73 Å². The highest BCUT2D eigenvalue weighted by Crippen LogP contribution is 2.24. The van der Waals surface area contributed by atoms with Crippen LogP contribution in [0, 0.1) is 0 Å². The maximum Gasteiger partial charge on any atom is 0.227 e. The zero-order chi connectivity index (χ0) is 16.8. The molecule has 122 valence electrons. The second kappa shape index (κ2) is 7.79. The second-order valence-electron chi connectivity index (χ2n) is 5.31. The predicted molar refractivity (Wildman–Crippen MR) is 95.5 cm³/mol. The van der Waals surface area contributed by atoms with Gasteiger partial charge in [0.15, 0.2) is 11.0 Å². The van der Waals surface area contributed by atoms with Gasteiger partial charge in [0.1, 0.15) is 0 Å². The normalized spacial score (nSPS) is 10.7. The fourth-order valence-electron chi connectivity index (χ4n) is 2.42. The molecule has 3 rings (SSSR count). The fourth-order valence-corrected chi connectivity index (χ4v) is 3.12. The molecule has 0 radical (unpaired) electrons. The number of aryl methyl sites for hydroxylation is 1. The monoisotopic (exact) mass is 338 g/mol. The first-order chi connectivity index (χ1) is 11.7. The van der Waals surface area contributed by atoms with Crippen molar-refractivity contribution in [3.8, 4) is 11.4 Å². The first-order valence-corrected chi connectivity index (χ1v) is 8.66. The van der Waals surface area contributed by atoms with Crippen molar-refractivity contribution in [1.82, 2.24) is 14.8 Å². The summed E-state index contributed by atoms with van der Waals surface area (Å²) in [6.45, 7) is 0.738. The van der Waals surface area contributed by atoms with Gasteiger partial charge in [-0.3, -0.25) is 4.79 Å². The molecular weight excluding hydrogens is 320 g/mol. The molecule has 0 atom stereocenters. The number of hydrogen-bond acceptors (Lipinski definition) is 4. The number of carbonyl (C=O) groups excluding carboxylic acids is 1. The van der Waals surface area contributed by atoms with Gasteiger partial charge in [-0.2, -0.15) is 0 Å². The van der Waals surface area contributed by atoms with Crippen molar-refractivity contribution >= 4 is 17.7 Å². The molecule has 0 saturated carbocycles. The van der Waals surface area contributed by atoms with Crippen LogP contribution in [0.5, 0.6) is 0 Å². The van der Waals surface area contributed by atoms with Crippen LogP contribution in [0.2, 0.25) is 0 Å². The van der Waals surface area contributed by atoms with Crippen LogP contribution in [0.3, 0.4) is 0 Å². The average Bonchev–Trinajstić information content (AvgIpc) is 3.02. The van der Waals surface area contributed by atoms with Crippen LogP contribution in [0.15, 0.2) is 65.8 Å². The molecule has 3 aromatic rings. The lowest BCUT2D eigenvalue weighted by Crippen LogP contribution is -2.14. The molecular formula is C18H18N4OS. The lowest BCUT2D eigenvalue weighted by atomic mass is 10.1. The highest BCUT2D eigenvalue weighted by molar-refractivity contribution is 7.99. The first kappa shape index (κ1) is 16.3. The Balaban J connectivity index is 1.87. The van der Waals surface area contributed by atoms with Crippen molar-refractivity contribution in [3.05, 3.63) is 66.2 Å². The van der Waals surface area contributed by atoms with Crippen molar-refractivity contribution in [1.29, 1.82) is 0 Å². The molecule has 0 aliphatic carbocycles. The van der Waals surface area contributed by atoms with Crippen molar-refractivity contribution in [2.24, 2.45) is 5.73 Å². The molecule has 0 saturated heterocycles. The summed E-state index contributed by atoms with van der Waals surface area (Å²) in [7, 11) is 0. The third-order valence-electron chi connectivity index (χ3n) is 3.56. The molecule has 0 bridgehead atoms. The van der Waals surface area contributed by atoms with E-state index in [0.717, 1.165) is 24.4 Å². The van der Waals surface area contributed by atoms with Crippen LogP contribution in [-0.2, 0) is 17.8 Å². The maximum atomic E-state index is 11.1. The number of nitrogens with two attached hydrogens (primary N) is 1. The van der Waals surface area contributed by atoms with E-state index < -0.39 is 0 Å². The minimum absolute atomic E-state index is 0.193. The van der Waals surface area contributed by atoms with Crippen LogP contribution in [0.1, 0.15) is 5.56 Å². The SMILES string of the molecule is NC(=O)CSc1nnc(-c2ccccc2)n1CCc1ccccc1. The van der Waals surface area contributed by atoms with E-state index in [2.05, 4.69) is 26.9 Å². The Bertz CT molecular complexity index is 802. The Morgan fingerprint density at radius 1 is 1.00 bits per heavy atom. The molecule has 5 nitrogen and oxygen atoms in total. The average molecular weight is 338 g/mol. The van der Waals surface area contributed by atoms with Crippen molar-refractivity contribution < 1.29 is 4.79 Å². The number of carbonyl (C=O) groups is 1. The number of aromatic nitrogens is 3. The predicted octanol–water partition coefficient (Wildman–Crippen LogP) is 2.77. The molecule has 1 heterocycles. The lowest BCUT2D eigenvalue weighted by molar-refractivity contribution is -0.115. The number of benzene rings is 2. The van der Waals surface area contributed by atoms with Crippen LogP contribution in [-0.4, -0.2) is 26.4 Å². The van der Waals surface area contributed by atoms with Gasteiger partial charge in [0.05, 0.1) is 5.75 Å². The molecule has 6 heteroatoms. The zero-order valence-electron chi connectivity index (χ0n) is 13.1. The topological polar surface area (TPSA) is 73.8 Å². The Hall–Kier alpha value is -2.60. The minimum Gasteiger partial charge on any atom is -0.369 e. The van der Waals surface area contributed by atoms with Crippen LogP contribution in [0.25, 0.3) is 11.4 Å². The molecule has 0 aliphatic heterocycles. The molecule has 0 unspecified atom stereocenters. The highest BCUT2D eigenvalue weighted by atomic mass is 32.2. The lowest BCUT2D eigenvalue weighted by Gasteiger charge is -2.10. The van der Waals surface area contributed by atoms with Gasteiger partial charge in [-0.1, -0.05) is 72.4 Å². The summed E-state index contributed by atoms with van der Waals surface area (Å²) in [6, 6.07) is 20.2. The van der Waals surface area contributed by atoms with E-state index in [1.807, 2.05) is 48.5 Å². The zero-order valence-corrected chi connectivity index (χ0v) is 13.9. The van der Waals surface area contributed by atoms with Gasteiger partial charge >= 0.3 is 0 Å². The summed E-state index contributed by atoms with van der Waals surface area (Å²) in [5, 5.41) is 9.27. The van der Waals surface area contributed by atoms with Crippen LogP contribution >= 0.6 is 11.8 Å². The van der Waals surface area contributed by atoms with E-state index in [-0.39, 0.29) is 11.7 Å². The smallest absolute Gasteiger partial charge is 0.227 e. The molecule has 2 aromatic carbocycles. The summed E-state index contributed by atoms with van der Waals surface area (Å²) in [6.07, 6.45) is 0.864. The Morgan fingerprint density at radius 2 is 1.67 bits per heavy atom. The fraction of sp³-hybridized carbons (Fsp3) is 0.167. The number of hydrogen-bond donors (Lipinski definition) is 1. The molecule has 0 aliphatic rings. The molecule has 0 fully saturated rings. The number of thioether (sulfide) groups is 1. The Kier molecular flexibility index (Phi) is 5.28. The van der Waals surface area contributed by atoms with Gasteiger partial charge in [-0.05, 0) is 12.0 Å². The molecule has 2 N–H and O–H groups in total. The van der Waals surface area contributed by atoms with Crippen LogP contribution < -0.4 is 5.73 Å². The summed E-state index contributed by atoms with van der Waals surface area (Å²) >= 11 is 1.32. The van der Waals surface area contributed by atoms with E-state index in [9.17, 15) is 4.79 Å². The van der Waals surface area contributed by atoms with Crippen molar-refractivity contribution in [3.63, 3.8) is 0 Å². The van der Waals surface area contributed by atoms with Crippen LogP contribution in [0.4, 0.5) is 0 Å². The van der Waals surface area contributed by atoms with Gasteiger partial charge in [0, 0.05) is 12.1 Å². The van der Waals surface area contributed by atoms with E-state index in [1.165, 1.54) is 17.3 Å². The van der Waals surface area contributed by atoms with Gasteiger partial charge in [-0.25, -0.2) is 0 Å². The Labute approximate surface area is 144 Å². The second-order valence-corrected chi connectivity index (χ2v) is 6.26. The molecule has 1 amide bonds. The summed E-state index contributed by atoms with van der Waals surface area (Å²) < 4.78 is 2.05. The van der Waals surface area contributed by atoms with Gasteiger partial charge < -0.3 is 10.3 Å². The van der Waals surface area contributed by atoms with Crippen molar-refractivity contribution in [2.75, 3.05) is 5.75 Å². The van der Waals surface area contributed by atoms with Gasteiger partial charge in [0.2, 0.25) is 5.91 Å². The minimum atomic E-state index is -0.362. The standard InChI is InChI=1S/C18H18N4OS/c19-16(23)13-24-18-21-20-17(15-9-5-2-6-10-15)22(18)12-11-14-7-3-1-4-8-14/h1-10H,11-13H2,(H2,19,23). The third kappa shape index (κ3) is 4.02. The van der Waals surface area contributed by atoms with E-state index in [1.54, 1.807) is 0 Å². The highest BCUT2D eigenvalue weighted by Gasteiger charge is 2.14. The third-order valence-corrected chi connectivity index (χ3v) is 4.55. The summed E-state index contributed by atoms with van der Waals surface area (Å²) in [4.78, 5) is 11.1. The van der Waals surface area contributed by atoms with E-state index in [0.29, 0.717) is 5.16 Å². The summed E-state index contributed by atoms with van der Waals surface area (Å²) in [5.74, 6) is 0.635. The number of primary amides is 1. The maximum absolute atomic E-state index is 11.1. The Morgan fingerprint density at radius 3 is 2.33 bits per heavy atom. The quantitative estimate of drug-likeness (QED) is 0.672. The van der Waals surface area contributed by atoms with Crippen molar-refractivity contribution in [2.45, 2.75) is 18.1 Å². The number of rotatable bonds is 7. The molecule has 0 spiro atoms.